The molecule has 0 saturated carbocycles. The maximum Gasteiger partial charge on any atom is 0.0915 e. The normalized spacial score (nSPS) is 20.8. The quantitative estimate of drug-likeness (QED) is 0.596. The predicted molar refractivity (Wildman–Crippen MR) is 70.3 cm³/mol. The molecule has 92 valence electrons. The highest BCUT2D eigenvalue weighted by molar-refractivity contribution is 5.37. The van der Waals surface area contributed by atoms with E-state index in [4.69, 9.17) is 10.4 Å². The molecule has 1 aliphatic carbocycles. The van der Waals surface area contributed by atoms with Gasteiger partial charge in [-0.1, -0.05) is 31.6 Å². The Morgan fingerprint density at radius 2 is 2.24 bits per heavy atom. The molecule has 0 radical (unpaired) electrons. The highest BCUT2D eigenvalue weighted by Crippen LogP contribution is 2.40. The highest BCUT2D eigenvalue weighted by Gasteiger charge is 2.26. The Morgan fingerprint density at radius 1 is 1.53 bits per heavy atom. The largest absolute Gasteiger partial charge is 0.392 e. The minimum atomic E-state index is -0.0865. The molecule has 1 N–H and O–H groups in total. The van der Waals surface area contributed by atoms with Crippen LogP contribution in [0.3, 0.4) is 0 Å². The molecule has 0 saturated heterocycles. The van der Waals surface area contributed by atoms with E-state index in [1.807, 2.05) is 12.1 Å². The van der Waals surface area contributed by atoms with Crippen molar-refractivity contribution in [1.82, 2.24) is 0 Å². The SMILES string of the molecule is CC1=C(/C=C/C(=C/C#N)CO)C(C)(C)CCC1. The molecule has 0 unspecified atom stereocenters. The van der Waals surface area contributed by atoms with E-state index < -0.39 is 0 Å². The third-order valence-electron chi connectivity index (χ3n) is 3.44. The first-order valence-electron chi connectivity index (χ1n) is 6.09. The van der Waals surface area contributed by atoms with Crippen LogP contribution in [0.1, 0.15) is 40.0 Å². The van der Waals surface area contributed by atoms with Crippen LogP contribution in [0.2, 0.25) is 0 Å². The molecule has 0 aromatic carbocycles. The number of nitrogens with zero attached hydrogens (tertiary/aromatic N) is 1. The summed E-state index contributed by atoms with van der Waals surface area (Å²) in [5.41, 5.74) is 3.63. The number of allylic oxidation sites excluding steroid dienone is 4. The fourth-order valence-electron chi connectivity index (χ4n) is 2.43. The smallest absolute Gasteiger partial charge is 0.0915 e. The third kappa shape index (κ3) is 3.57. The second-order valence-electron chi connectivity index (χ2n) is 5.27. The minimum Gasteiger partial charge on any atom is -0.392 e. The van der Waals surface area contributed by atoms with Gasteiger partial charge in [-0.25, -0.2) is 0 Å². The number of aliphatic hydroxyl groups is 1. The molecule has 1 aliphatic rings. The minimum absolute atomic E-state index is 0.0865. The second-order valence-corrected chi connectivity index (χ2v) is 5.27. The van der Waals surface area contributed by atoms with Crippen LogP contribution in [0.5, 0.6) is 0 Å². The summed E-state index contributed by atoms with van der Waals surface area (Å²) < 4.78 is 0. The van der Waals surface area contributed by atoms with Gasteiger partial charge < -0.3 is 5.11 Å². The Labute approximate surface area is 104 Å². The van der Waals surface area contributed by atoms with Gasteiger partial charge in [0.1, 0.15) is 0 Å². The molecule has 17 heavy (non-hydrogen) atoms. The molecule has 2 heteroatoms. The van der Waals surface area contributed by atoms with Crippen molar-refractivity contribution in [3.05, 3.63) is 34.9 Å². The van der Waals surface area contributed by atoms with E-state index in [0.717, 1.165) is 6.42 Å². The molecular weight excluding hydrogens is 210 g/mol. The van der Waals surface area contributed by atoms with Crippen LogP contribution in [0.25, 0.3) is 0 Å². The second kappa shape index (κ2) is 5.84. The van der Waals surface area contributed by atoms with E-state index in [0.29, 0.717) is 5.57 Å². The summed E-state index contributed by atoms with van der Waals surface area (Å²) in [6.45, 7) is 6.59. The lowest BCUT2D eigenvalue weighted by Crippen LogP contribution is -2.19. The average molecular weight is 231 g/mol. The van der Waals surface area contributed by atoms with Crippen molar-refractivity contribution in [3.8, 4) is 6.07 Å². The Kier molecular flexibility index (Phi) is 4.72. The summed E-state index contributed by atoms with van der Waals surface area (Å²) in [5, 5.41) is 17.7. The van der Waals surface area contributed by atoms with Gasteiger partial charge in [0.15, 0.2) is 0 Å². The van der Waals surface area contributed by atoms with Gasteiger partial charge in [0.05, 0.1) is 12.7 Å². The van der Waals surface area contributed by atoms with Crippen LogP contribution in [-0.2, 0) is 0 Å². The molecule has 0 aromatic heterocycles. The third-order valence-corrected chi connectivity index (χ3v) is 3.44. The lowest BCUT2D eigenvalue weighted by atomic mass is 9.72. The molecule has 0 atom stereocenters. The molecule has 0 spiro atoms. The Morgan fingerprint density at radius 3 is 2.76 bits per heavy atom. The van der Waals surface area contributed by atoms with E-state index in [1.165, 1.54) is 30.1 Å². The lowest BCUT2D eigenvalue weighted by Gasteiger charge is -2.32. The number of aliphatic hydroxyl groups excluding tert-OH is 1. The molecule has 0 amide bonds. The summed E-state index contributed by atoms with van der Waals surface area (Å²) in [6, 6.07) is 1.95. The van der Waals surface area contributed by atoms with E-state index in [9.17, 15) is 0 Å². The first-order chi connectivity index (χ1) is 8.01. The zero-order valence-corrected chi connectivity index (χ0v) is 11.0. The van der Waals surface area contributed by atoms with E-state index in [1.54, 1.807) is 0 Å². The van der Waals surface area contributed by atoms with Crippen molar-refractivity contribution in [2.75, 3.05) is 6.61 Å². The fraction of sp³-hybridized carbons (Fsp3) is 0.533. The highest BCUT2D eigenvalue weighted by atomic mass is 16.3. The zero-order valence-electron chi connectivity index (χ0n) is 11.0. The Balaban J connectivity index is 2.97. The Hall–Kier alpha value is -1.33. The molecule has 0 aliphatic heterocycles. The topological polar surface area (TPSA) is 44.0 Å². The van der Waals surface area contributed by atoms with Gasteiger partial charge in [0.25, 0.3) is 0 Å². The monoisotopic (exact) mass is 231 g/mol. The first kappa shape index (κ1) is 13.7. The zero-order chi connectivity index (χ0) is 12.9. The van der Waals surface area contributed by atoms with Crippen molar-refractivity contribution in [1.29, 1.82) is 5.26 Å². The molecule has 0 heterocycles. The lowest BCUT2D eigenvalue weighted by molar-refractivity contribution is 0.335. The predicted octanol–water partition coefficient (Wildman–Crippen LogP) is 3.51. The molecule has 0 bridgehead atoms. The van der Waals surface area contributed by atoms with Crippen LogP contribution in [0, 0.1) is 16.7 Å². The van der Waals surface area contributed by atoms with Gasteiger partial charge in [-0.3, -0.25) is 0 Å². The summed E-state index contributed by atoms with van der Waals surface area (Å²) in [6.07, 6.45) is 8.91. The van der Waals surface area contributed by atoms with Crippen LogP contribution in [0.15, 0.2) is 34.9 Å². The number of hydrogen-bond donors (Lipinski definition) is 1. The van der Waals surface area contributed by atoms with Crippen molar-refractivity contribution in [2.45, 2.75) is 40.0 Å². The molecule has 1 rings (SSSR count). The van der Waals surface area contributed by atoms with Crippen molar-refractivity contribution >= 4 is 0 Å². The van der Waals surface area contributed by atoms with Crippen molar-refractivity contribution < 1.29 is 5.11 Å². The van der Waals surface area contributed by atoms with Gasteiger partial charge in [0, 0.05) is 6.08 Å². The van der Waals surface area contributed by atoms with Gasteiger partial charge in [-0.05, 0) is 42.7 Å². The first-order valence-corrected chi connectivity index (χ1v) is 6.09. The maximum absolute atomic E-state index is 9.10. The molecule has 0 fully saturated rings. The van der Waals surface area contributed by atoms with Gasteiger partial charge in [0.2, 0.25) is 0 Å². The Bertz CT molecular complexity index is 405. The van der Waals surface area contributed by atoms with Gasteiger partial charge >= 0.3 is 0 Å². The summed E-state index contributed by atoms with van der Waals surface area (Å²) >= 11 is 0. The molecular formula is C15H21NO. The van der Waals surface area contributed by atoms with Gasteiger partial charge in [-0.15, -0.1) is 0 Å². The van der Waals surface area contributed by atoms with Crippen LogP contribution in [-0.4, -0.2) is 11.7 Å². The summed E-state index contributed by atoms with van der Waals surface area (Å²) in [7, 11) is 0. The summed E-state index contributed by atoms with van der Waals surface area (Å²) in [4.78, 5) is 0. The maximum atomic E-state index is 9.10. The summed E-state index contributed by atoms with van der Waals surface area (Å²) in [5.74, 6) is 0. The standard InChI is InChI=1S/C15H21NO/c1-12-5-4-9-15(2,3)14(12)7-6-13(11-17)8-10-16/h6-8,17H,4-5,9,11H2,1-3H3/b7-6+,13-8-. The molecule has 2 nitrogen and oxygen atoms in total. The van der Waals surface area contributed by atoms with Crippen LogP contribution in [0.4, 0.5) is 0 Å². The number of nitriles is 1. The van der Waals surface area contributed by atoms with E-state index >= 15 is 0 Å². The number of rotatable bonds is 3. The van der Waals surface area contributed by atoms with Crippen LogP contribution < -0.4 is 0 Å². The number of hydrogen-bond acceptors (Lipinski definition) is 2. The van der Waals surface area contributed by atoms with Crippen molar-refractivity contribution in [3.63, 3.8) is 0 Å². The fourth-order valence-corrected chi connectivity index (χ4v) is 2.43. The van der Waals surface area contributed by atoms with Crippen LogP contribution >= 0.6 is 0 Å². The van der Waals surface area contributed by atoms with E-state index in [-0.39, 0.29) is 12.0 Å². The van der Waals surface area contributed by atoms with Gasteiger partial charge in [-0.2, -0.15) is 5.26 Å². The molecule has 0 aromatic rings. The average Bonchev–Trinajstić information content (AvgIpc) is 2.26. The van der Waals surface area contributed by atoms with E-state index in [2.05, 4.69) is 26.8 Å². The van der Waals surface area contributed by atoms with Crippen molar-refractivity contribution in [2.24, 2.45) is 5.41 Å².